The van der Waals surface area contributed by atoms with Crippen LogP contribution in [0.15, 0.2) is 28.9 Å². The normalized spacial score (nSPS) is 10.5. The molecule has 0 amide bonds. The van der Waals surface area contributed by atoms with Crippen molar-refractivity contribution in [3.8, 4) is 0 Å². The number of nitrogens with zero attached hydrogens (tertiary/aromatic N) is 2. The lowest BCUT2D eigenvalue weighted by Gasteiger charge is -2.05. The summed E-state index contributed by atoms with van der Waals surface area (Å²) in [4.78, 5) is 8.49. The van der Waals surface area contributed by atoms with E-state index in [2.05, 4.69) is 57.9 Å². The van der Waals surface area contributed by atoms with E-state index >= 15 is 0 Å². The van der Waals surface area contributed by atoms with Crippen molar-refractivity contribution in [2.75, 3.05) is 5.73 Å². The first-order valence-electron chi connectivity index (χ1n) is 5.39. The monoisotopic (exact) mass is 291 g/mol. The Balaban J connectivity index is 2.25. The molecular weight excluding hydrogens is 278 g/mol. The first-order chi connectivity index (χ1) is 8.06. The molecule has 0 aliphatic heterocycles. The minimum Gasteiger partial charge on any atom is -0.383 e. The molecule has 17 heavy (non-hydrogen) atoms. The summed E-state index contributed by atoms with van der Waals surface area (Å²) in [5.74, 6) is 1.23. The van der Waals surface area contributed by atoms with Crippen molar-refractivity contribution in [2.45, 2.75) is 20.3 Å². The zero-order chi connectivity index (χ0) is 12.4. The molecule has 0 unspecified atom stereocenters. The van der Waals surface area contributed by atoms with E-state index in [0.717, 1.165) is 10.3 Å². The third-order valence-electron chi connectivity index (χ3n) is 2.75. The fourth-order valence-electron chi connectivity index (χ4n) is 1.60. The fraction of sp³-hybridized carbons (Fsp3) is 0.231. The third-order valence-corrected chi connectivity index (χ3v) is 3.37. The Labute approximate surface area is 109 Å². The van der Waals surface area contributed by atoms with Gasteiger partial charge in [0.2, 0.25) is 0 Å². The second-order valence-electron chi connectivity index (χ2n) is 4.11. The van der Waals surface area contributed by atoms with E-state index in [0.29, 0.717) is 12.2 Å². The van der Waals surface area contributed by atoms with Crippen LogP contribution in [-0.4, -0.2) is 9.97 Å². The number of hydrogen-bond donors (Lipinski definition) is 1. The molecule has 0 saturated heterocycles. The van der Waals surface area contributed by atoms with Gasteiger partial charge < -0.3 is 5.73 Å². The molecule has 3 nitrogen and oxygen atoms in total. The Morgan fingerprint density at radius 1 is 1.24 bits per heavy atom. The highest BCUT2D eigenvalue weighted by Gasteiger charge is 2.04. The molecule has 2 N–H and O–H groups in total. The summed E-state index contributed by atoms with van der Waals surface area (Å²) in [7, 11) is 0. The molecular formula is C13H14BrN3. The molecule has 0 spiro atoms. The van der Waals surface area contributed by atoms with Crippen LogP contribution >= 0.6 is 15.9 Å². The predicted octanol–water partition coefficient (Wildman–Crippen LogP) is 3.03. The van der Waals surface area contributed by atoms with Gasteiger partial charge in [0.1, 0.15) is 11.6 Å². The van der Waals surface area contributed by atoms with Gasteiger partial charge in [-0.1, -0.05) is 18.2 Å². The van der Waals surface area contributed by atoms with Crippen molar-refractivity contribution in [2.24, 2.45) is 0 Å². The van der Waals surface area contributed by atoms with E-state index in [1.54, 1.807) is 6.20 Å². The number of aromatic nitrogens is 2. The molecule has 0 radical (unpaired) electrons. The van der Waals surface area contributed by atoms with Gasteiger partial charge >= 0.3 is 0 Å². The van der Waals surface area contributed by atoms with Gasteiger partial charge in [-0.15, -0.1) is 0 Å². The molecule has 0 aliphatic rings. The smallest absolute Gasteiger partial charge is 0.141 e. The molecule has 2 aromatic rings. The lowest BCUT2D eigenvalue weighted by Crippen LogP contribution is -2.01. The van der Waals surface area contributed by atoms with Gasteiger partial charge in [0, 0.05) is 12.6 Å². The Hall–Kier alpha value is -1.42. The molecule has 4 heteroatoms. The van der Waals surface area contributed by atoms with E-state index in [9.17, 15) is 0 Å². The van der Waals surface area contributed by atoms with Crippen molar-refractivity contribution in [1.82, 2.24) is 9.97 Å². The Morgan fingerprint density at radius 3 is 2.65 bits per heavy atom. The lowest BCUT2D eigenvalue weighted by atomic mass is 10.0. The summed E-state index contributed by atoms with van der Waals surface area (Å²) < 4.78 is 0.737. The predicted molar refractivity (Wildman–Crippen MR) is 72.9 cm³/mol. The number of aryl methyl sites for hydroxylation is 2. The van der Waals surface area contributed by atoms with Crippen LogP contribution in [0.25, 0.3) is 0 Å². The number of halogens is 1. The molecule has 88 valence electrons. The molecule has 0 saturated carbocycles. The van der Waals surface area contributed by atoms with Gasteiger partial charge in [-0.05, 0) is 46.5 Å². The van der Waals surface area contributed by atoms with Gasteiger partial charge in [-0.25, -0.2) is 9.97 Å². The second-order valence-corrected chi connectivity index (χ2v) is 4.97. The number of nitrogen functional groups attached to an aromatic ring is 1. The first-order valence-corrected chi connectivity index (χ1v) is 6.18. The minimum atomic E-state index is 0.485. The summed E-state index contributed by atoms with van der Waals surface area (Å²) in [6.45, 7) is 4.21. The third kappa shape index (κ3) is 2.82. The molecule has 2 rings (SSSR count). The SMILES string of the molecule is Cc1ccc(Cc2ncc(Br)c(N)n2)cc1C. The topological polar surface area (TPSA) is 51.8 Å². The summed E-state index contributed by atoms with van der Waals surface area (Å²) >= 11 is 3.29. The Morgan fingerprint density at radius 2 is 2.00 bits per heavy atom. The van der Waals surface area contributed by atoms with Crippen LogP contribution in [0.4, 0.5) is 5.82 Å². The number of rotatable bonds is 2. The Bertz CT molecular complexity index is 503. The highest BCUT2D eigenvalue weighted by molar-refractivity contribution is 9.10. The van der Waals surface area contributed by atoms with Gasteiger partial charge in [-0.2, -0.15) is 0 Å². The fourth-order valence-corrected chi connectivity index (χ4v) is 1.79. The first kappa shape index (κ1) is 12.0. The van der Waals surface area contributed by atoms with E-state index in [4.69, 9.17) is 5.73 Å². The van der Waals surface area contributed by atoms with Gasteiger partial charge in [0.05, 0.1) is 4.47 Å². The highest BCUT2D eigenvalue weighted by atomic mass is 79.9. The van der Waals surface area contributed by atoms with Crippen LogP contribution in [0.1, 0.15) is 22.5 Å². The molecule has 1 aromatic carbocycles. The standard InChI is InChI=1S/C13H14BrN3/c1-8-3-4-10(5-9(8)2)6-12-16-7-11(14)13(15)17-12/h3-5,7H,6H2,1-2H3,(H2,15,16,17). The van der Waals surface area contributed by atoms with Gasteiger partial charge in [-0.3, -0.25) is 0 Å². The van der Waals surface area contributed by atoms with Crippen LogP contribution in [0.5, 0.6) is 0 Å². The van der Waals surface area contributed by atoms with Crippen LogP contribution in [0, 0.1) is 13.8 Å². The molecule has 1 aromatic heterocycles. The lowest BCUT2D eigenvalue weighted by molar-refractivity contribution is 0.966. The summed E-state index contributed by atoms with van der Waals surface area (Å²) in [6.07, 6.45) is 2.40. The van der Waals surface area contributed by atoms with Crippen LogP contribution < -0.4 is 5.73 Å². The molecule has 0 atom stereocenters. The maximum Gasteiger partial charge on any atom is 0.141 e. The summed E-state index contributed by atoms with van der Waals surface area (Å²) in [5.41, 5.74) is 9.51. The molecule has 0 fully saturated rings. The number of anilines is 1. The average Bonchev–Trinajstić information content (AvgIpc) is 2.29. The molecule has 0 bridgehead atoms. The van der Waals surface area contributed by atoms with Crippen LogP contribution in [0.3, 0.4) is 0 Å². The van der Waals surface area contributed by atoms with Crippen molar-refractivity contribution in [3.63, 3.8) is 0 Å². The summed E-state index contributed by atoms with van der Waals surface area (Å²) in [6, 6.07) is 6.38. The maximum atomic E-state index is 5.73. The number of nitrogens with two attached hydrogens (primary N) is 1. The van der Waals surface area contributed by atoms with E-state index in [1.807, 2.05) is 0 Å². The maximum absolute atomic E-state index is 5.73. The summed E-state index contributed by atoms with van der Waals surface area (Å²) in [5, 5.41) is 0. The van der Waals surface area contributed by atoms with Gasteiger partial charge in [0.15, 0.2) is 0 Å². The van der Waals surface area contributed by atoms with Crippen molar-refractivity contribution in [3.05, 3.63) is 51.4 Å². The molecule has 1 heterocycles. The zero-order valence-corrected chi connectivity index (χ0v) is 11.5. The van der Waals surface area contributed by atoms with E-state index in [1.165, 1.54) is 16.7 Å². The largest absolute Gasteiger partial charge is 0.383 e. The van der Waals surface area contributed by atoms with E-state index < -0.39 is 0 Å². The van der Waals surface area contributed by atoms with Crippen molar-refractivity contribution >= 4 is 21.7 Å². The average molecular weight is 292 g/mol. The quantitative estimate of drug-likeness (QED) is 0.925. The van der Waals surface area contributed by atoms with Crippen molar-refractivity contribution < 1.29 is 0 Å². The second kappa shape index (κ2) is 4.84. The number of benzene rings is 1. The van der Waals surface area contributed by atoms with Crippen LogP contribution in [0.2, 0.25) is 0 Å². The Kier molecular flexibility index (Phi) is 3.43. The highest BCUT2D eigenvalue weighted by Crippen LogP contribution is 2.17. The van der Waals surface area contributed by atoms with Crippen LogP contribution in [-0.2, 0) is 6.42 Å². The van der Waals surface area contributed by atoms with Crippen molar-refractivity contribution in [1.29, 1.82) is 0 Å². The van der Waals surface area contributed by atoms with Gasteiger partial charge in [0.25, 0.3) is 0 Å². The molecule has 0 aliphatic carbocycles. The number of hydrogen-bond acceptors (Lipinski definition) is 3. The van der Waals surface area contributed by atoms with E-state index in [-0.39, 0.29) is 0 Å². The zero-order valence-electron chi connectivity index (χ0n) is 9.87. The minimum absolute atomic E-state index is 0.485.